The average molecular weight is 362 g/mol. The minimum atomic E-state index is -0.460. The third kappa shape index (κ3) is 3.99. The second-order valence-electron chi connectivity index (χ2n) is 4.94. The zero-order valence-electron chi connectivity index (χ0n) is 13.1. The molecule has 0 aliphatic rings. The molecule has 1 amide bonds. The Balaban J connectivity index is 2.45. The first kappa shape index (κ1) is 18.1. The van der Waals surface area contributed by atoms with Gasteiger partial charge >= 0.3 is 0 Å². The fourth-order valence-electron chi connectivity index (χ4n) is 2.05. The minimum Gasteiger partial charge on any atom is -0.344 e. The molecule has 0 saturated heterocycles. The number of thioether (sulfide) groups is 1. The Morgan fingerprint density at radius 2 is 2.38 bits per heavy atom. The van der Waals surface area contributed by atoms with Crippen molar-refractivity contribution in [3.8, 4) is 12.3 Å². The van der Waals surface area contributed by atoms with E-state index in [0.29, 0.717) is 27.6 Å². The maximum absolute atomic E-state index is 12.7. The molecule has 124 valence electrons. The SMILES string of the molecule is C#CCNC(=O)C(C)Sc1nc2cc(Cl)ccc2c(=O)n1CC=C. The molecule has 1 aromatic heterocycles. The number of hydrogen-bond acceptors (Lipinski definition) is 4. The normalized spacial score (nSPS) is 11.7. The van der Waals surface area contributed by atoms with Crippen LogP contribution in [0.2, 0.25) is 5.02 Å². The molecule has 0 aliphatic heterocycles. The van der Waals surface area contributed by atoms with Crippen LogP contribution in [0.15, 0.2) is 40.8 Å². The predicted octanol–water partition coefficient (Wildman–Crippen LogP) is 2.47. The Morgan fingerprint density at radius 3 is 3.04 bits per heavy atom. The molecule has 1 aromatic carbocycles. The van der Waals surface area contributed by atoms with Gasteiger partial charge in [-0.2, -0.15) is 0 Å². The van der Waals surface area contributed by atoms with Crippen molar-refractivity contribution in [2.45, 2.75) is 23.9 Å². The molecule has 0 bridgehead atoms. The van der Waals surface area contributed by atoms with Gasteiger partial charge in [-0.25, -0.2) is 4.98 Å². The highest BCUT2D eigenvalue weighted by Crippen LogP contribution is 2.24. The maximum atomic E-state index is 12.7. The van der Waals surface area contributed by atoms with E-state index in [1.165, 1.54) is 16.3 Å². The number of fused-ring (bicyclic) bond motifs is 1. The van der Waals surface area contributed by atoms with E-state index in [9.17, 15) is 9.59 Å². The Hall–Kier alpha value is -2.23. The van der Waals surface area contributed by atoms with E-state index >= 15 is 0 Å². The topological polar surface area (TPSA) is 64.0 Å². The number of carbonyl (C=O) groups is 1. The molecule has 24 heavy (non-hydrogen) atoms. The number of carbonyl (C=O) groups excluding carboxylic acids is 1. The number of rotatable bonds is 6. The van der Waals surface area contributed by atoms with Gasteiger partial charge in [0.25, 0.3) is 5.56 Å². The standard InChI is InChI=1S/C17H16ClN3O2S/c1-4-8-19-15(22)11(3)24-17-20-14-10-12(18)6-7-13(14)16(23)21(17)9-5-2/h1,5-7,10-11H,2,8-9H2,3H3,(H,19,22). The zero-order valence-corrected chi connectivity index (χ0v) is 14.7. The van der Waals surface area contributed by atoms with Crippen LogP contribution in [0.1, 0.15) is 6.92 Å². The lowest BCUT2D eigenvalue weighted by molar-refractivity contribution is -0.120. The van der Waals surface area contributed by atoms with Gasteiger partial charge in [0.05, 0.1) is 22.7 Å². The first-order chi connectivity index (χ1) is 11.5. The maximum Gasteiger partial charge on any atom is 0.262 e. The second kappa shape index (κ2) is 8.04. The molecule has 0 saturated carbocycles. The van der Waals surface area contributed by atoms with Crippen molar-refractivity contribution in [2.75, 3.05) is 6.54 Å². The molecule has 1 atom stereocenters. The van der Waals surface area contributed by atoms with Gasteiger partial charge in [-0.1, -0.05) is 35.4 Å². The van der Waals surface area contributed by atoms with E-state index in [1.807, 2.05) is 0 Å². The molecular weight excluding hydrogens is 346 g/mol. The lowest BCUT2D eigenvalue weighted by Gasteiger charge is -2.15. The fourth-order valence-corrected chi connectivity index (χ4v) is 3.16. The largest absolute Gasteiger partial charge is 0.344 e. The number of aromatic nitrogens is 2. The van der Waals surface area contributed by atoms with Crippen molar-refractivity contribution < 1.29 is 4.79 Å². The first-order valence-electron chi connectivity index (χ1n) is 7.16. The summed E-state index contributed by atoms with van der Waals surface area (Å²) in [6.07, 6.45) is 6.75. The quantitative estimate of drug-likeness (QED) is 0.371. The number of terminal acetylenes is 1. The summed E-state index contributed by atoms with van der Waals surface area (Å²) in [5, 5.41) is 3.54. The molecule has 1 N–H and O–H groups in total. The molecule has 5 nitrogen and oxygen atoms in total. The van der Waals surface area contributed by atoms with Crippen LogP contribution in [0.4, 0.5) is 0 Å². The Bertz CT molecular complexity index is 886. The smallest absolute Gasteiger partial charge is 0.262 e. The highest BCUT2D eigenvalue weighted by Gasteiger charge is 2.18. The van der Waals surface area contributed by atoms with Gasteiger partial charge < -0.3 is 5.32 Å². The monoisotopic (exact) mass is 361 g/mol. The van der Waals surface area contributed by atoms with E-state index in [-0.39, 0.29) is 18.0 Å². The molecule has 0 fully saturated rings. The molecule has 0 aliphatic carbocycles. The van der Waals surface area contributed by atoms with Gasteiger partial charge in [-0.3, -0.25) is 14.2 Å². The van der Waals surface area contributed by atoms with Crippen molar-refractivity contribution in [3.63, 3.8) is 0 Å². The average Bonchev–Trinajstić information content (AvgIpc) is 2.55. The van der Waals surface area contributed by atoms with Crippen LogP contribution in [0.5, 0.6) is 0 Å². The summed E-state index contributed by atoms with van der Waals surface area (Å²) in [5.41, 5.74) is 0.293. The zero-order chi connectivity index (χ0) is 17.7. The van der Waals surface area contributed by atoms with E-state index in [0.717, 1.165) is 0 Å². The third-order valence-electron chi connectivity index (χ3n) is 3.21. The van der Waals surface area contributed by atoms with Crippen LogP contribution in [0, 0.1) is 12.3 Å². The van der Waals surface area contributed by atoms with Crippen molar-refractivity contribution in [3.05, 3.63) is 46.2 Å². The van der Waals surface area contributed by atoms with Crippen LogP contribution in [-0.4, -0.2) is 27.3 Å². The fraction of sp³-hybridized carbons (Fsp3) is 0.235. The molecule has 2 rings (SSSR count). The summed E-state index contributed by atoms with van der Waals surface area (Å²) in [6, 6.07) is 4.92. The molecule has 0 radical (unpaired) electrons. The van der Waals surface area contributed by atoms with E-state index in [4.69, 9.17) is 18.0 Å². The molecule has 7 heteroatoms. The number of allylic oxidation sites excluding steroid dienone is 1. The van der Waals surface area contributed by atoms with Crippen molar-refractivity contribution >= 4 is 40.2 Å². The molecular formula is C17H16ClN3O2S. The minimum absolute atomic E-state index is 0.157. The van der Waals surface area contributed by atoms with Crippen molar-refractivity contribution in [2.24, 2.45) is 0 Å². The number of amides is 1. The van der Waals surface area contributed by atoms with E-state index < -0.39 is 5.25 Å². The van der Waals surface area contributed by atoms with Crippen LogP contribution >= 0.6 is 23.4 Å². The van der Waals surface area contributed by atoms with Crippen LogP contribution in [0.25, 0.3) is 10.9 Å². The summed E-state index contributed by atoms with van der Waals surface area (Å²) < 4.78 is 1.48. The number of benzene rings is 1. The van der Waals surface area contributed by atoms with Crippen LogP contribution < -0.4 is 10.9 Å². The van der Waals surface area contributed by atoms with Gasteiger partial charge in [0.1, 0.15) is 0 Å². The van der Waals surface area contributed by atoms with Crippen molar-refractivity contribution in [1.82, 2.24) is 14.9 Å². The van der Waals surface area contributed by atoms with Crippen molar-refractivity contribution in [1.29, 1.82) is 0 Å². The molecule has 1 heterocycles. The molecule has 1 unspecified atom stereocenters. The number of nitrogens with zero attached hydrogens (tertiary/aromatic N) is 2. The van der Waals surface area contributed by atoms with Gasteiger partial charge in [-0.05, 0) is 25.1 Å². The highest BCUT2D eigenvalue weighted by atomic mass is 35.5. The van der Waals surface area contributed by atoms with E-state index in [1.54, 1.807) is 31.2 Å². The van der Waals surface area contributed by atoms with Gasteiger partial charge in [-0.15, -0.1) is 13.0 Å². The van der Waals surface area contributed by atoms with Crippen LogP contribution in [0.3, 0.4) is 0 Å². The summed E-state index contributed by atoms with van der Waals surface area (Å²) in [6.45, 7) is 5.85. The second-order valence-corrected chi connectivity index (χ2v) is 6.69. The van der Waals surface area contributed by atoms with Gasteiger partial charge in [0.15, 0.2) is 5.16 Å². The number of nitrogens with one attached hydrogen (secondary N) is 1. The Morgan fingerprint density at radius 1 is 1.62 bits per heavy atom. The molecule has 0 spiro atoms. The van der Waals surface area contributed by atoms with Crippen LogP contribution in [-0.2, 0) is 11.3 Å². The lowest BCUT2D eigenvalue weighted by atomic mass is 10.2. The first-order valence-corrected chi connectivity index (χ1v) is 8.42. The highest BCUT2D eigenvalue weighted by molar-refractivity contribution is 8.00. The number of halogens is 1. The Labute approximate surface area is 149 Å². The predicted molar refractivity (Wildman–Crippen MR) is 98.4 cm³/mol. The van der Waals surface area contributed by atoms with E-state index in [2.05, 4.69) is 22.8 Å². The third-order valence-corrected chi connectivity index (χ3v) is 4.54. The van der Waals surface area contributed by atoms with Gasteiger partial charge in [0, 0.05) is 11.6 Å². The summed E-state index contributed by atoms with van der Waals surface area (Å²) >= 11 is 7.17. The summed E-state index contributed by atoms with van der Waals surface area (Å²) in [4.78, 5) is 29.2. The summed E-state index contributed by atoms with van der Waals surface area (Å²) in [5.74, 6) is 2.13. The molecule has 2 aromatic rings. The summed E-state index contributed by atoms with van der Waals surface area (Å²) in [7, 11) is 0. The lowest BCUT2D eigenvalue weighted by Crippen LogP contribution is -2.32. The van der Waals surface area contributed by atoms with Gasteiger partial charge in [0.2, 0.25) is 5.91 Å². The Kier molecular flexibility index (Phi) is 6.07. The number of hydrogen-bond donors (Lipinski definition) is 1.